The van der Waals surface area contributed by atoms with Crippen LogP contribution >= 0.6 is 0 Å². The minimum absolute atomic E-state index is 0.0439. The van der Waals surface area contributed by atoms with Gasteiger partial charge in [-0.25, -0.2) is 9.97 Å². The van der Waals surface area contributed by atoms with Gasteiger partial charge in [-0.2, -0.15) is 0 Å². The van der Waals surface area contributed by atoms with Crippen molar-refractivity contribution in [2.75, 3.05) is 38.0 Å². The third kappa shape index (κ3) is 3.53. The molecule has 130 valence electrons. The molecule has 0 radical (unpaired) electrons. The van der Waals surface area contributed by atoms with Crippen molar-refractivity contribution in [1.29, 1.82) is 0 Å². The first-order chi connectivity index (χ1) is 11.8. The van der Waals surface area contributed by atoms with E-state index in [1.165, 1.54) is 38.9 Å². The number of nitrogens with zero attached hydrogens (tertiary/aromatic N) is 3. The molecule has 0 aromatic carbocycles. The van der Waals surface area contributed by atoms with Crippen LogP contribution < -0.4 is 10.6 Å². The molecule has 1 saturated carbocycles. The molecule has 2 fully saturated rings. The summed E-state index contributed by atoms with van der Waals surface area (Å²) in [5, 5.41) is 6.39. The molecular formula is C18H27N5O. The Morgan fingerprint density at radius 2 is 2.00 bits per heavy atom. The van der Waals surface area contributed by atoms with Crippen LogP contribution in [0.3, 0.4) is 0 Å². The van der Waals surface area contributed by atoms with Crippen molar-refractivity contribution in [3.05, 3.63) is 17.1 Å². The number of hydrogen-bond acceptors (Lipinski definition) is 5. The van der Waals surface area contributed by atoms with E-state index < -0.39 is 0 Å². The molecule has 1 aromatic rings. The molecule has 0 bridgehead atoms. The number of carbonyl (C=O) groups is 1. The molecule has 2 aliphatic heterocycles. The average Bonchev–Trinajstić information content (AvgIpc) is 3.32. The van der Waals surface area contributed by atoms with E-state index in [0.29, 0.717) is 18.2 Å². The van der Waals surface area contributed by atoms with Gasteiger partial charge in [0.25, 0.3) is 5.91 Å². The highest BCUT2D eigenvalue weighted by Crippen LogP contribution is 2.39. The highest BCUT2D eigenvalue weighted by Gasteiger charge is 2.31. The zero-order valence-electron chi connectivity index (χ0n) is 14.3. The zero-order valence-corrected chi connectivity index (χ0v) is 14.3. The average molecular weight is 329 g/mol. The van der Waals surface area contributed by atoms with Crippen LogP contribution in [-0.4, -0.2) is 53.5 Å². The smallest absolute Gasteiger partial charge is 0.270 e. The molecule has 3 heterocycles. The summed E-state index contributed by atoms with van der Waals surface area (Å²) in [5.74, 6) is 2.17. The van der Waals surface area contributed by atoms with Crippen LogP contribution in [0.2, 0.25) is 0 Å². The largest absolute Gasteiger partial charge is 0.370 e. The summed E-state index contributed by atoms with van der Waals surface area (Å²) in [7, 11) is 0. The number of fused-ring (bicyclic) bond motifs is 1. The first-order valence-electron chi connectivity index (χ1n) is 9.46. The predicted molar refractivity (Wildman–Crippen MR) is 93.4 cm³/mol. The highest BCUT2D eigenvalue weighted by atomic mass is 16.1. The monoisotopic (exact) mass is 329 g/mol. The van der Waals surface area contributed by atoms with E-state index in [1.54, 1.807) is 0 Å². The maximum Gasteiger partial charge on any atom is 0.270 e. The Balaban J connectivity index is 1.37. The minimum Gasteiger partial charge on any atom is -0.370 e. The summed E-state index contributed by atoms with van der Waals surface area (Å²) in [6, 6.07) is 0. The van der Waals surface area contributed by atoms with Crippen molar-refractivity contribution in [2.45, 2.75) is 50.9 Å². The first kappa shape index (κ1) is 15.8. The van der Waals surface area contributed by atoms with Crippen molar-refractivity contribution in [3.8, 4) is 0 Å². The molecule has 4 rings (SSSR count). The van der Waals surface area contributed by atoms with Crippen LogP contribution in [0, 0.1) is 0 Å². The van der Waals surface area contributed by atoms with E-state index in [9.17, 15) is 4.79 Å². The Kier molecular flexibility index (Phi) is 4.65. The third-order valence-corrected chi connectivity index (χ3v) is 5.23. The summed E-state index contributed by atoms with van der Waals surface area (Å²) >= 11 is 0. The van der Waals surface area contributed by atoms with E-state index in [1.807, 2.05) is 0 Å². The van der Waals surface area contributed by atoms with Gasteiger partial charge in [-0.1, -0.05) is 0 Å². The van der Waals surface area contributed by atoms with Crippen LogP contribution in [0.15, 0.2) is 0 Å². The SMILES string of the molecule is O=C1NCCc2c(NCCCCN3CCCC3)nc(C3CC3)nc21. The Labute approximate surface area is 143 Å². The Morgan fingerprint density at radius 1 is 1.17 bits per heavy atom. The summed E-state index contributed by atoms with van der Waals surface area (Å²) in [5.41, 5.74) is 1.60. The van der Waals surface area contributed by atoms with E-state index >= 15 is 0 Å². The molecule has 0 spiro atoms. The maximum atomic E-state index is 12.1. The van der Waals surface area contributed by atoms with E-state index in [0.717, 1.165) is 49.4 Å². The summed E-state index contributed by atoms with van der Waals surface area (Å²) in [6.45, 7) is 5.35. The Morgan fingerprint density at radius 3 is 2.79 bits per heavy atom. The number of likely N-dealkylation sites (tertiary alicyclic amines) is 1. The van der Waals surface area contributed by atoms with E-state index in [-0.39, 0.29) is 5.91 Å². The molecule has 0 unspecified atom stereocenters. The molecule has 2 N–H and O–H groups in total. The number of rotatable bonds is 7. The van der Waals surface area contributed by atoms with Gasteiger partial charge in [0.2, 0.25) is 0 Å². The lowest BCUT2D eigenvalue weighted by atomic mass is 10.1. The van der Waals surface area contributed by atoms with Gasteiger partial charge >= 0.3 is 0 Å². The lowest BCUT2D eigenvalue weighted by molar-refractivity contribution is 0.0940. The maximum absolute atomic E-state index is 12.1. The van der Waals surface area contributed by atoms with Crippen LogP contribution in [0.5, 0.6) is 0 Å². The topological polar surface area (TPSA) is 70.2 Å². The van der Waals surface area contributed by atoms with Crippen molar-refractivity contribution in [1.82, 2.24) is 20.2 Å². The standard InChI is InChI=1S/C18H27N5O/c24-18-15-14(7-9-20-18)17(22-16(21-15)13-5-6-13)19-8-1-2-10-23-11-3-4-12-23/h13H,1-12H2,(H,20,24)(H,19,21,22). The van der Waals surface area contributed by atoms with Gasteiger partial charge in [0, 0.05) is 24.6 Å². The second kappa shape index (κ2) is 7.05. The van der Waals surface area contributed by atoms with Crippen molar-refractivity contribution in [2.24, 2.45) is 0 Å². The van der Waals surface area contributed by atoms with Crippen molar-refractivity contribution in [3.63, 3.8) is 0 Å². The van der Waals surface area contributed by atoms with Crippen molar-refractivity contribution >= 4 is 11.7 Å². The van der Waals surface area contributed by atoms with Gasteiger partial charge in [-0.15, -0.1) is 0 Å². The highest BCUT2D eigenvalue weighted by molar-refractivity contribution is 5.96. The van der Waals surface area contributed by atoms with Gasteiger partial charge in [-0.3, -0.25) is 4.79 Å². The van der Waals surface area contributed by atoms with Gasteiger partial charge in [0.1, 0.15) is 17.3 Å². The lowest BCUT2D eigenvalue weighted by Gasteiger charge is -2.20. The second-order valence-electron chi connectivity index (χ2n) is 7.22. The van der Waals surface area contributed by atoms with Gasteiger partial charge in [0.05, 0.1) is 0 Å². The first-order valence-corrected chi connectivity index (χ1v) is 9.46. The summed E-state index contributed by atoms with van der Waals surface area (Å²) in [6.07, 6.45) is 8.19. The Hall–Kier alpha value is -1.69. The van der Waals surface area contributed by atoms with Crippen LogP contribution in [-0.2, 0) is 6.42 Å². The molecule has 3 aliphatic rings. The van der Waals surface area contributed by atoms with E-state index in [2.05, 4.69) is 20.5 Å². The lowest BCUT2D eigenvalue weighted by Crippen LogP contribution is -2.34. The van der Waals surface area contributed by atoms with Crippen LogP contribution in [0.25, 0.3) is 0 Å². The summed E-state index contributed by atoms with van der Waals surface area (Å²) < 4.78 is 0. The van der Waals surface area contributed by atoms with Gasteiger partial charge < -0.3 is 15.5 Å². The molecule has 6 nitrogen and oxygen atoms in total. The number of anilines is 1. The number of amides is 1. The molecule has 1 aliphatic carbocycles. The third-order valence-electron chi connectivity index (χ3n) is 5.23. The van der Waals surface area contributed by atoms with Crippen LogP contribution in [0.1, 0.15) is 66.3 Å². The fourth-order valence-corrected chi connectivity index (χ4v) is 3.65. The fourth-order valence-electron chi connectivity index (χ4n) is 3.65. The number of aromatic nitrogens is 2. The minimum atomic E-state index is -0.0439. The molecular weight excluding hydrogens is 302 g/mol. The number of carbonyl (C=O) groups excluding carboxylic acids is 1. The van der Waals surface area contributed by atoms with Gasteiger partial charge in [-0.05, 0) is 64.6 Å². The van der Waals surface area contributed by atoms with E-state index in [4.69, 9.17) is 4.98 Å². The quantitative estimate of drug-likeness (QED) is 0.748. The molecule has 6 heteroatoms. The summed E-state index contributed by atoms with van der Waals surface area (Å²) in [4.78, 5) is 24.0. The number of nitrogens with one attached hydrogen (secondary N) is 2. The van der Waals surface area contributed by atoms with Gasteiger partial charge in [0.15, 0.2) is 0 Å². The molecule has 24 heavy (non-hydrogen) atoms. The van der Waals surface area contributed by atoms with Crippen LogP contribution in [0.4, 0.5) is 5.82 Å². The fraction of sp³-hybridized carbons (Fsp3) is 0.722. The molecule has 0 atom stereocenters. The zero-order chi connectivity index (χ0) is 16.4. The number of hydrogen-bond donors (Lipinski definition) is 2. The van der Waals surface area contributed by atoms with Crippen molar-refractivity contribution < 1.29 is 4.79 Å². The molecule has 1 saturated heterocycles. The molecule has 1 aromatic heterocycles. The normalized spacial score (nSPS) is 20.8. The second-order valence-corrected chi connectivity index (χ2v) is 7.22. The Bertz CT molecular complexity index is 608. The molecule has 1 amide bonds. The predicted octanol–water partition coefficient (Wildman–Crippen LogP) is 1.93. The number of unbranched alkanes of at least 4 members (excludes halogenated alkanes) is 1.